The van der Waals surface area contributed by atoms with Gasteiger partial charge < -0.3 is 10.8 Å². The molecule has 0 spiro atoms. The van der Waals surface area contributed by atoms with Gasteiger partial charge in [0.1, 0.15) is 16.4 Å². The molecule has 6 heteroatoms. The van der Waals surface area contributed by atoms with Gasteiger partial charge in [0, 0.05) is 0 Å². The summed E-state index contributed by atoms with van der Waals surface area (Å²) in [5, 5.41) is 13.9. The molecule has 1 saturated carbocycles. The first-order valence-electron chi connectivity index (χ1n) is 5.30. The number of carbonyl (C=O) groups is 1. The Bertz CT molecular complexity index is 410. The van der Waals surface area contributed by atoms with Crippen LogP contribution >= 0.6 is 11.8 Å². The van der Waals surface area contributed by atoms with Crippen LogP contribution in [-0.2, 0) is 0 Å². The van der Waals surface area contributed by atoms with Crippen LogP contribution in [0.5, 0.6) is 0 Å². The van der Waals surface area contributed by atoms with Crippen molar-refractivity contribution in [3.63, 3.8) is 0 Å². The summed E-state index contributed by atoms with van der Waals surface area (Å²) in [6, 6.07) is 0.277. The third-order valence-electron chi connectivity index (χ3n) is 2.99. The molecule has 0 unspecified atom stereocenters. The molecule has 1 aliphatic carbocycles. The van der Waals surface area contributed by atoms with Gasteiger partial charge in [-0.2, -0.15) is 5.10 Å². The van der Waals surface area contributed by atoms with E-state index in [0.717, 1.165) is 12.8 Å². The zero-order valence-electron chi connectivity index (χ0n) is 9.14. The number of hydrogen-bond donors (Lipinski definition) is 2. The minimum Gasteiger partial charge on any atom is -0.477 e. The van der Waals surface area contributed by atoms with Crippen LogP contribution in [0.3, 0.4) is 0 Å². The number of thioether (sulfide) groups is 1. The monoisotopic (exact) mass is 241 g/mol. The van der Waals surface area contributed by atoms with E-state index in [4.69, 9.17) is 10.8 Å². The van der Waals surface area contributed by atoms with E-state index in [1.807, 2.05) is 6.26 Å². The number of rotatable bonds is 3. The summed E-state index contributed by atoms with van der Waals surface area (Å²) >= 11 is 1.32. The molecule has 16 heavy (non-hydrogen) atoms. The fourth-order valence-electron chi connectivity index (χ4n) is 2.20. The van der Waals surface area contributed by atoms with Crippen molar-refractivity contribution in [2.24, 2.45) is 0 Å². The lowest BCUT2D eigenvalue weighted by Gasteiger charge is -2.11. The van der Waals surface area contributed by atoms with Crippen molar-refractivity contribution in [3.05, 3.63) is 5.56 Å². The van der Waals surface area contributed by atoms with E-state index in [2.05, 4.69) is 5.10 Å². The van der Waals surface area contributed by atoms with Crippen LogP contribution in [0.15, 0.2) is 5.03 Å². The molecule has 0 atom stereocenters. The van der Waals surface area contributed by atoms with Gasteiger partial charge in [-0.1, -0.05) is 12.8 Å². The molecule has 1 heterocycles. The van der Waals surface area contributed by atoms with Crippen molar-refractivity contribution in [3.8, 4) is 0 Å². The summed E-state index contributed by atoms with van der Waals surface area (Å²) in [4.78, 5) is 11.1. The Balaban J connectivity index is 2.42. The van der Waals surface area contributed by atoms with E-state index < -0.39 is 5.97 Å². The zero-order chi connectivity index (χ0) is 11.7. The van der Waals surface area contributed by atoms with E-state index in [1.165, 1.54) is 24.6 Å². The third-order valence-corrected chi connectivity index (χ3v) is 3.67. The molecule has 88 valence electrons. The number of anilines is 1. The number of carboxylic acid groups (broad SMARTS) is 1. The quantitative estimate of drug-likeness (QED) is 0.791. The van der Waals surface area contributed by atoms with E-state index in [9.17, 15) is 4.79 Å². The maximum Gasteiger partial charge on any atom is 0.342 e. The van der Waals surface area contributed by atoms with Crippen molar-refractivity contribution < 1.29 is 9.90 Å². The maximum absolute atomic E-state index is 11.1. The Morgan fingerprint density at radius 2 is 2.19 bits per heavy atom. The standard InChI is InChI=1S/C10H15N3O2S/c1-16-9-7(10(14)15)8(11)13(12-9)6-4-2-3-5-6/h6H,2-5,11H2,1H3,(H,14,15). The molecule has 3 N–H and O–H groups in total. The molecule has 2 rings (SSSR count). The molecule has 0 aliphatic heterocycles. The van der Waals surface area contributed by atoms with Crippen molar-refractivity contribution in [2.45, 2.75) is 36.8 Å². The predicted molar refractivity (Wildman–Crippen MR) is 62.9 cm³/mol. The third kappa shape index (κ3) is 1.77. The summed E-state index contributed by atoms with van der Waals surface area (Å²) < 4.78 is 1.70. The lowest BCUT2D eigenvalue weighted by molar-refractivity contribution is 0.0694. The van der Waals surface area contributed by atoms with Crippen molar-refractivity contribution >= 4 is 23.5 Å². The van der Waals surface area contributed by atoms with E-state index in [-0.39, 0.29) is 11.6 Å². The molecule has 1 aromatic rings. The molecule has 1 fully saturated rings. The summed E-state index contributed by atoms with van der Waals surface area (Å²) in [5.41, 5.74) is 6.02. The number of aromatic carboxylic acids is 1. The minimum absolute atomic E-state index is 0.152. The lowest BCUT2D eigenvalue weighted by Crippen LogP contribution is -2.11. The normalized spacial score (nSPS) is 16.8. The Kier molecular flexibility index (Phi) is 3.09. The average Bonchev–Trinajstić information content (AvgIpc) is 2.83. The van der Waals surface area contributed by atoms with Crippen LogP contribution in [0.4, 0.5) is 5.82 Å². The second-order valence-electron chi connectivity index (χ2n) is 3.96. The first kappa shape index (κ1) is 11.3. The fourth-order valence-corrected chi connectivity index (χ4v) is 2.76. The number of nitrogens with zero attached hydrogens (tertiary/aromatic N) is 2. The molecule has 0 saturated heterocycles. The van der Waals surface area contributed by atoms with E-state index in [0.29, 0.717) is 10.8 Å². The molecule has 1 aliphatic rings. The van der Waals surface area contributed by atoms with Gasteiger partial charge in [-0.15, -0.1) is 11.8 Å². The molecule has 0 bridgehead atoms. The topological polar surface area (TPSA) is 81.1 Å². The highest BCUT2D eigenvalue weighted by Crippen LogP contribution is 2.34. The second kappa shape index (κ2) is 4.37. The molecule has 0 amide bonds. The highest BCUT2D eigenvalue weighted by Gasteiger charge is 2.26. The maximum atomic E-state index is 11.1. The van der Waals surface area contributed by atoms with Gasteiger partial charge in [0.05, 0.1) is 6.04 Å². The number of nitrogen functional groups attached to an aromatic ring is 1. The van der Waals surface area contributed by atoms with Crippen molar-refractivity contribution in [2.75, 3.05) is 12.0 Å². The molecule has 0 radical (unpaired) electrons. The average molecular weight is 241 g/mol. The number of carboxylic acids is 1. The summed E-state index contributed by atoms with van der Waals surface area (Å²) in [5.74, 6) is -0.699. The van der Waals surface area contributed by atoms with E-state index >= 15 is 0 Å². The van der Waals surface area contributed by atoms with Crippen LogP contribution in [0, 0.1) is 0 Å². The van der Waals surface area contributed by atoms with Crippen LogP contribution in [0.2, 0.25) is 0 Å². The van der Waals surface area contributed by atoms with Crippen LogP contribution in [0.25, 0.3) is 0 Å². The summed E-state index contributed by atoms with van der Waals surface area (Å²) in [6.45, 7) is 0. The second-order valence-corrected chi connectivity index (χ2v) is 4.75. The van der Waals surface area contributed by atoms with E-state index in [1.54, 1.807) is 4.68 Å². The molecular weight excluding hydrogens is 226 g/mol. The van der Waals surface area contributed by atoms with Crippen molar-refractivity contribution in [1.29, 1.82) is 0 Å². The predicted octanol–water partition coefficient (Wildman–Crippen LogP) is 2.00. The van der Waals surface area contributed by atoms with Gasteiger partial charge in [0.25, 0.3) is 0 Å². The summed E-state index contributed by atoms with van der Waals surface area (Å²) in [7, 11) is 0. The Labute approximate surface area is 98.0 Å². The minimum atomic E-state index is -0.994. The number of hydrogen-bond acceptors (Lipinski definition) is 4. The zero-order valence-corrected chi connectivity index (χ0v) is 9.96. The SMILES string of the molecule is CSc1nn(C2CCCC2)c(N)c1C(=O)O. The van der Waals surface area contributed by atoms with Crippen molar-refractivity contribution in [1.82, 2.24) is 9.78 Å². The molecule has 1 aromatic heterocycles. The lowest BCUT2D eigenvalue weighted by atomic mass is 10.2. The van der Waals surface area contributed by atoms with Crippen LogP contribution in [0.1, 0.15) is 42.1 Å². The summed E-state index contributed by atoms with van der Waals surface area (Å²) in [6.07, 6.45) is 6.23. The largest absolute Gasteiger partial charge is 0.477 e. The van der Waals surface area contributed by atoms with Gasteiger partial charge in [0.2, 0.25) is 0 Å². The van der Waals surface area contributed by atoms with Gasteiger partial charge in [-0.05, 0) is 19.1 Å². The van der Waals surface area contributed by atoms with Gasteiger partial charge in [0.15, 0.2) is 0 Å². The number of nitrogens with two attached hydrogens (primary N) is 1. The Morgan fingerprint density at radius 1 is 1.56 bits per heavy atom. The Morgan fingerprint density at radius 3 is 2.62 bits per heavy atom. The van der Waals surface area contributed by atoms with Crippen LogP contribution in [-0.4, -0.2) is 27.1 Å². The van der Waals surface area contributed by atoms with Crippen LogP contribution < -0.4 is 5.73 Å². The fraction of sp³-hybridized carbons (Fsp3) is 0.600. The molecular formula is C10H15N3O2S. The smallest absolute Gasteiger partial charge is 0.342 e. The Hall–Kier alpha value is -1.17. The van der Waals surface area contributed by atoms with Gasteiger partial charge in [-0.3, -0.25) is 0 Å². The highest BCUT2D eigenvalue weighted by molar-refractivity contribution is 7.98. The number of aromatic nitrogens is 2. The highest BCUT2D eigenvalue weighted by atomic mass is 32.2. The molecule has 5 nitrogen and oxygen atoms in total. The van der Waals surface area contributed by atoms with Gasteiger partial charge >= 0.3 is 5.97 Å². The first-order valence-corrected chi connectivity index (χ1v) is 6.53. The molecule has 0 aromatic carbocycles. The first-order chi connectivity index (χ1) is 7.65. The van der Waals surface area contributed by atoms with Gasteiger partial charge in [-0.25, -0.2) is 9.48 Å².